The standard InChI is InChI=1S/C28H35N3O2S/c1-31(2)28(25-12-7-19-34-25)17-15-23(16-18-28)30-27(33)14-6-13-26(32)29-20-22-10-5-9-21-8-3-4-11-24(21)22/h3-5,7-12,19,23H,6,13-18,20H2,1-2H3,(H,29,32)(H,30,33). The van der Waals surface area contributed by atoms with Gasteiger partial charge in [0.15, 0.2) is 0 Å². The Balaban J connectivity index is 1.17. The molecular weight excluding hydrogens is 442 g/mol. The van der Waals surface area contributed by atoms with E-state index in [1.54, 1.807) is 0 Å². The number of benzene rings is 2. The SMILES string of the molecule is CN(C)C1(c2cccs2)CCC(NC(=O)CCCC(=O)NCc2cccc3ccccc23)CC1. The summed E-state index contributed by atoms with van der Waals surface area (Å²) in [6.45, 7) is 0.506. The van der Waals surface area contributed by atoms with Crippen molar-refractivity contribution in [3.63, 3.8) is 0 Å². The molecule has 2 aromatic carbocycles. The molecule has 3 aromatic rings. The third kappa shape index (κ3) is 5.68. The Morgan fingerprint density at radius 1 is 0.971 bits per heavy atom. The summed E-state index contributed by atoms with van der Waals surface area (Å²) in [7, 11) is 4.31. The number of nitrogens with zero attached hydrogens (tertiary/aromatic N) is 1. The Bertz CT molecular complexity index is 1100. The predicted octanol–water partition coefficient (Wildman–Crippen LogP) is 5.20. The topological polar surface area (TPSA) is 61.4 Å². The van der Waals surface area contributed by atoms with Gasteiger partial charge < -0.3 is 10.6 Å². The Labute approximate surface area is 206 Å². The number of carbonyl (C=O) groups excluding carboxylic acids is 2. The van der Waals surface area contributed by atoms with Gasteiger partial charge in [-0.1, -0.05) is 48.5 Å². The highest BCUT2D eigenvalue weighted by molar-refractivity contribution is 7.10. The molecule has 5 nitrogen and oxygen atoms in total. The molecule has 4 rings (SSSR count). The first kappa shape index (κ1) is 24.4. The van der Waals surface area contributed by atoms with Gasteiger partial charge in [-0.2, -0.15) is 0 Å². The van der Waals surface area contributed by atoms with Crippen LogP contribution in [0.15, 0.2) is 60.0 Å². The van der Waals surface area contributed by atoms with Gasteiger partial charge in [0.1, 0.15) is 0 Å². The second-order valence-corrected chi connectivity index (χ2v) is 10.5. The number of amides is 2. The second kappa shape index (κ2) is 11.2. The monoisotopic (exact) mass is 477 g/mol. The molecule has 1 aliphatic rings. The molecule has 1 aromatic heterocycles. The van der Waals surface area contributed by atoms with Gasteiger partial charge in [0.05, 0.1) is 5.54 Å². The number of hydrogen-bond donors (Lipinski definition) is 2. The maximum Gasteiger partial charge on any atom is 0.220 e. The molecule has 0 saturated heterocycles. The van der Waals surface area contributed by atoms with Crippen LogP contribution in [0, 0.1) is 0 Å². The zero-order valence-electron chi connectivity index (χ0n) is 20.2. The molecule has 0 aliphatic heterocycles. The summed E-state index contributed by atoms with van der Waals surface area (Å²) in [5.74, 6) is 0.0467. The number of rotatable bonds is 9. The maximum absolute atomic E-state index is 12.5. The van der Waals surface area contributed by atoms with Gasteiger partial charge in [-0.25, -0.2) is 0 Å². The number of fused-ring (bicyclic) bond motifs is 1. The van der Waals surface area contributed by atoms with E-state index in [4.69, 9.17) is 0 Å². The summed E-state index contributed by atoms with van der Waals surface area (Å²) in [4.78, 5) is 28.6. The van der Waals surface area contributed by atoms with E-state index in [2.05, 4.69) is 65.3 Å². The second-order valence-electron chi connectivity index (χ2n) is 9.51. The number of thiophene rings is 1. The summed E-state index contributed by atoms with van der Waals surface area (Å²) < 4.78 is 0. The summed E-state index contributed by atoms with van der Waals surface area (Å²) in [5.41, 5.74) is 1.19. The fourth-order valence-corrected chi connectivity index (χ4v) is 6.20. The van der Waals surface area contributed by atoms with Gasteiger partial charge in [-0.15, -0.1) is 11.3 Å². The minimum atomic E-state index is -0.00915. The zero-order chi connectivity index (χ0) is 24.0. The Morgan fingerprint density at radius 2 is 1.71 bits per heavy atom. The van der Waals surface area contributed by atoms with E-state index in [-0.39, 0.29) is 23.4 Å². The minimum absolute atomic E-state index is 0.00915. The van der Waals surface area contributed by atoms with Gasteiger partial charge in [0.25, 0.3) is 0 Å². The Morgan fingerprint density at radius 3 is 2.44 bits per heavy atom. The lowest BCUT2D eigenvalue weighted by atomic mass is 9.77. The van der Waals surface area contributed by atoms with Crippen molar-refractivity contribution in [2.24, 2.45) is 0 Å². The summed E-state index contributed by atoms with van der Waals surface area (Å²) in [6.07, 6.45) is 5.37. The van der Waals surface area contributed by atoms with Crippen LogP contribution in [0.25, 0.3) is 10.8 Å². The van der Waals surface area contributed by atoms with Gasteiger partial charge in [-0.05, 0) is 74.0 Å². The highest BCUT2D eigenvalue weighted by Crippen LogP contribution is 2.43. The molecule has 0 unspecified atom stereocenters. The molecule has 1 fully saturated rings. The number of carbonyl (C=O) groups is 2. The lowest BCUT2D eigenvalue weighted by Gasteiger charge is -2.44. The Kier molecular flexibility index (Phi) is 8.01. The van der Waals surface area contributed by atoms with Gasteiger partial charge in [-0.3, -0.25) is 14.5 Å². The van der Waals surface area contributed by atoms with Crippen LogP contribution in [0.1, 0.15) is 55.4 Å². The van der Waals surface area contributed by atoms with Gasteiger partial charge in [0.2, 0.25) is 11.8 Å². The molecule has 1 saturated carbocycles. The van der Waals surface area contributed by atoms with E-state index >= 15 is 0 Å². The molecule has 1 aliphatic carbocycles. The van der Waals surface area contributed by atoms with Crippen molar-refractivity contribution in [1.82, 2.24) is 15.5 Å². The zero-order valence-corrected chi connectivity index (χ0v) is 21.0. The number of hydrogen-bond acceptors (Lipinski definition) is 4. The van der Waals surface area contributed by atoms with Crippen LogP contribution in [0.5, 0.6) is 0 Å². The van der Waals surface area contributed by atoms with Crippen molar-refractivity contribution in [1.29, 1.82) is 0 Å². The largest absolute Gasteiger partial charge is 0.353 e. The van der Waals surface area contributed by atoms with Crippen LogP contribution < -0.4 is 10.6 Å². The van der Waals surface area contributed by atoms with Crippen LogP contribution in [0.4, 0.5) is 0 Å². The smallest absolute Gasteiger partial charge is 0.220 e. The molecule has 2 amide bonds. The molecule has 34 heavy (non-hydrogen) atoms. The van der Waals surface area contributed by atoms with Crippen LogP contribution in [0.2, 0.25) is 0 Å². The quantitative estimate of drug-likeness (QED) is 0.445. The first-order chi connectivity index (χ1) is 16.5. The molecule has 0 bridgehead atoms. The molecular formula is C28H35N3O2S. The maximum atomic E-state index is 12.5. The molecule has 180 valence electrons. The van der Waals surface area contributed by atoms with E-state index in [0.717, 1.165) is 36.6 Å². The van der Waals surface area contributed by atoms with E-state index < -0.39 is 0 Å². The lowest BCUT2D eigenvalue weighted by molar-refractivity contribution is -0.123. The summed E-state index contributed by atoms with van der Waals surface area (Å²) in [6, 6.07) is 18.9. The van der Waals surface area contributed by atoms with Crippen molar-refractivity contribution in [2.75, 3.05) is 14.1 Å². The van der Waals surface area contributed by atoms with E-state index in [0.29, 0.717) is 25.8 Å². The molecule has 2 N–H and O–H groups in total. The van der Waals surface area contributed by atoms with Crippen LogP contribution in [-0.4, -0.2) is 36.9 Å². The summed E-state index contributed by atoms with van der Waals surface area (Å²) >= 11 is 1.82. The van der Waals surface area contributed by atoms with Crippen molar-refractivity contribution < 1.29 is 9.59 Å². The molecule has 0 radical (unpaired) electrons. The normalized spacial score (nSPS) is 20.4. The highest BCUT2D eigenvalue weighted by Gasteiger charge is 2.39. The minimum Gasteiger partial charge on any atom is -0.353 e. The third-order valence-electron chi connectivity index (χ3n) is 7.18. The molecule has 0 atom stereocenters. The van der Waals surface area contributed by atoms with E-state index in [1.807, 2.05) is 35.6 Å². The van der Waals surface area contributed by atoms with Crippen LogP contribution in [-0.2, 0) is 21.7 Å². The fourth-order valence-electron chi connectivity index (χ4n) is 5.14. The average molecular weight is 478 g/mol. The third-order valence-corrected chi connectivity index (χ3v) is 8.24. The Hall–Kier alpha value is -2.70. The van der Waals surface area contributed by atoms with Crippen molar-refractivity contribution in [3.8, 4) is 0 Å². The molecule has 6 heteroatoms. The number of nitrogens with one attached hydrogen (secondary N) is 2. The highest BCUT2D eigenvalue weighted by atomic mass is 32.1. The lowest BCUT2D eigenvalue weighted by Crippen LogP contribution is -2.48. The van der Waals surface area contributed by atoms with Crippen LogP contribution in [0.3, 0.4) is 0 Å². The van der Waals surface area contributed by atoms with Gasteiger partial charge >= 0.3 is 0 Å². The average Bonchev–Trinajstić information content (AvgIpc) is 3.39. The fraction of sp³-hybridized carbons (Fsp3) is 0.429. The molecule has 1 heterocycles. The van der Waals surface area contributed by atoms with Crippen molar-refractivity contribution in [3.05, 3.63) is 70.4 Å². The van der Waals surface area contributed by atoms with Crippen molar-refractivity contribution >= 4 is 33.9 Å². The predicted molar refractivity (Wildman–Crippen MR) is 140 cm³/mol. The first-order valence-corrected chi connectivity index (χ1v) is 13.1. The van der Waals surface area contributed by atoms with Gasteiger partial charge in [0, 0.05) is 30.3 Å². The first-order valence-electron chi connectivity index (χ1n) is 12.2. The van der Waals surface area contributed by atoms with E-state index in [1.165, 1.54) is 10.3 Å². The molecule has 0 spiro atoms. The van der Waals surface area contributed by atoms with Crippen molar-refractivity contribution in [2.45, 2.75) is 63.1 Å². The summed E-state index contributed by atoms with van der Waals surface area (Å²) in [5, 5.41) is 10.7. The van der Waals surface area contributed by atoms with E-state index in [9.17, 15) is 9.59 Å². The van der Waals surface area contributed by atoms with Crippen LogP contribution >= 0.6 is 11.3 Å².